The zero-order valence-corrected chi connectivity index (χ0v) is 9.54. The molecule has 2 rings (SSSR count). The number of carbonyl (C=O) groups is 1. The van der Waals surface area contributed by atoms with E-state index < -0.39 is 0 Å². The first-order valence-corrected chi connectivity index (χ1v) is 5.27. The van der Waals surface area contributed by atoms with E-state index >= 15 is 0 Å². The van der Waals surface area contributed by atoms with Crippen molar-refractivity contribution in [2.45, 2.75) is 6.54 Å². The first kappa shape index (κ1) is 11.5. The van der Waals surface area contributed by atoms with E-state index in [1.165, 1.54) is 0 Å². The van der Waals surface area contributed by atoms with Crippen molar-refractivity contribution in [3.8, 4) is 11.3 Å². The molecule has 0 bridgehead atoms. The van der Waals surface area contributed by atoms with E-state index in [-0.39, 0.29) is 0 Å². The average molecular weight is 231 g/mol. The van der Waals surface area contributed by atoms with Crippen molar-refractivity contribution >= 4 is 6.29 Å². The molecule has 17 heavy (non-hydrogen) atoms. The second-order valence-electron chi connectivity index (χ2n) is 3.52. The van der Waals surface area contributed by atoms with E-state index in [2.05, 4.69) is 10.1 Å². The van der Waals surface area contributed by atoms with Crippen molar-refractivity contribution in [1.29, 1.82) is 0 Å². The molecule has 0 radical (unpaired) electrons. The van der Waals surface area contributed by atoms with Gasteiger partial charge in [-0.15, -0.1) is 0 Å². The van der Waals surface area contributed by atoms with Crippen LogP contribution in [0.15, 0.2) is 30.6 Å². The van der Waals surface area contributed by atoms with Gasteiger partial charge in [0.1, 0.15) is 5.69 Å². The predicted molar refractivity (Wildman–Crippen MR) is 62.7 cm³/mol. The summed E-state index contributed by atoms with van der Waals surface area (Å²) in [6.07, 6.45) is 4.20. The largest absolute Gasteiger partial charge is 0.383 e. The molecule has 0 saturated heterocycles. The third-order valence-corrected chi connectivity index (χ3v) is 2.42. The number of rotatable bonds is 5. The molecule has 5 nitrogen and oxygen atoms in total. The van der Waals surface area contributed by atoms with Gasteiger partial charge in [0.15, 0.2) is 6.29 Å². The lowest BCUT2D eigenvalue weighted by Crippen LogP contribution is -2.08. The zero-order valence-electron chi connectivity index (χ0n) is 9.54. The molecule has 2 heterocycles. The molecule has 0 aliphatic heterocycles. The smallest absolute Gasteiger partial charge is 0.168 e. The van der Waals surface area contributed by atoms with Crippen LogP contribution in [0.25, 0.3) is 11.3 Å². The summed E-state index contributed by atoms with van der Waals surface area (Å²) in [5.41, 5.74) is 2.26. The van der Waals surface area contributed by atoms with E-state index in [0.29, 0.717) is 18.8 Å². The van der Waals surface area contributed by atoms with Gasteiger partial charge in [-0.25, -0.2) is 0 Å². The van der Waals surface area contributed by atoms with Gasteiger partial charge in [0, 0.05) is 25.1 Å². The predicted octanol–water partition coefficient (Wildman–Crippen LogP) is 1.40. The maximum Gasteiger partial charge on any atom is 0.168 e. The number of hydrogen-bond donors (Lipinski definition) is 0. The fourth-order valence-corrected chi connectivity index (χ4v) is 1.55. The second kappa shape index (κ2) is 5.36. The minimum atomic E-state index is 0.526. The maximum atomic E-state index is 10.9. The number of carbonyl (C=O) groups excluding carboxylic acids is 1. The molecule has 88 valence electrons. The summed E-state index contributed by atoms with van der Waals surface area (Å²) in [6.45, 7) is 1.09. The Bertz CT molecular complexity index is 494. The number of pyridine rings is 1. The molecule has 0 atom stereocenters. The quantitative estimate of drug-likeness (QED) is 0.730. The molecule has 0 fully saturated rings. The number of aldehydes is 1. The fraction of sp³-hybridized carbons (Fsp3) is 0.250. The highest BCUT2D eigenvalue weighted by atomic mass is 16.5. The molecule has 2 aromatic heterocycles. The SMILES string of the molecule is COCCn1nc(-c2ccncc2)cc1C=O. The van der Waals surface area contributed by atoms with Crippen molar-refractivity contribution in [3.05, 3.63) is 36.3 Å². The molecule has 0 saturated carbocycles. The van der Waals surface area contributed by atoms with Crippen molar-refractivity contribution in [1.82, 2.24) is 14.8 Å². The van der Waals surface area contributed by atoms with Crippen LogP contribution in [-0.4, -0.2) is 34.8 Å². The molecule has 0 aliphatic rings. The summed E-state index contributed by atoms with van der Waals surface area (Å²) in [5.74, 6) is 0. The number of ether oxygens (including phenoxy) is 1. The summed E-state index contributed by atoms with van der Waals surface area (Å²) >= 11 is 0. The lowest BCUT2D eigenvalue weighted by atomic mass is 10.2. The first-order chi connectivity index (χ1) is 8.35. The van der Waals surface area contributed by atoms with Crippen molar-refractivity contribution in [2.75, 3.05) is 13.7 Å². The van der Waals surface area contributed by atoms with E-state index in [0.717, 1.165) is 17.5 Å². The number of nitrogens with zero attached hydrogens (tertiary/aromatic N) is 3. The van der Waals surface area contributed by atoms with E-state index in [9.17, 15) is 4.79 Å². The van der Waals surface area contributed by atoms with Crippen molar-refractivity contribution < 1.29 is 9.53 Å². The Morgan fingerprint density at radius 1 is 1.41 bits per heavy atom. The van der Waals surface area contributed by atoms with Gasteiger partial charge in [0.05, 0.1) is 18.8 Å². The summed E-state index contributed by atoms with van der Waals surface area (Å²) < 4.78 is 6.62. The lowest BCUT2D eigenvalue weighted by Gasteiger charge is -2.01. The Morgan fingerprint density at radius 3 is 2.82 bits per heavy atom. The van der Waals surface area contributed by atoms with Crippen LogP contribution in [-0.2, 0) is 11.3 Å². The van der Waals surface area contributed by atoms with Gasteiger partial charge >= 0.3 is 0 Å². The first-order valence-electron chi connectivity index (χ1n) is 5.27. The minimum absolute atomic E-state index is 0.526. The van der Waals surface area contributed by atoms with Crippen molar-refractivity contribution in [2.24, 2.45) is 0 Å². The van der Waals surface area contributed by atoms with E-state index in [1.807, 2.05) is 12.1 Å². The average Bonchev–Trinajstić information content (AvgIpc) is 2.80. The number of aromatic nitrogens is 3. The second-order valence-corrected chi connectivity index (χ2v) is 3.52. The van der Waals surface area contributed by atoms with Gasteiger partial charge in [-0.3, -0.25) is 14.5 Å². The molecule has 0 spiro atoms. The minimum Gasteiger partial charge on any atom is -0.383 e. The molecule has 0 aromatic carbocycles. The molecule has 0 aliphatic carbocycles. The van der Waals surface area contributed by atoms with Crippen LogP contribution in [0.2, 0.25) is 0 Å². The molecule has 5 heteroatoms. The Balaban J connectivity index is 2.31. The molecule has 2 aromatic rings. The van der Waals surface area contributed by atoms with Gasteiger partial charge in [0.25, 0.3) is 0 Å². The lowest BCUT2D eigenvalue weighted by molar-refractivity contribution is 0.111. The highest BCUT2D eigenvalue weighted by Gasteiger charge is 2.08. The summed E-state index contributed by atoms with van der Waals surface area (Å²) in [5, 5.41) is 4.37. The standard InChI is InChI=1S/C12H13N3O2/c1-17-7-6-15-11(9-16)8-12(14-15)10-2-4-13-5-3-10/h2-5,8-9H,6-7H2,1H3. The fourth-order valence-electron chi connectivity index (χ4n) is 1.55. The zero-order chi connectivity index (χ0) is 12.1. The summed E-state index contributed by atoms with van der Waals surface area (Å²) in [6, 6.07) is 5.48. The van der Waals surface area contributed by atoms with Crippen molar-refractivity contribution in [3.63, 3.8) is 0 Å². The van der Waals surface area contributed by atoms with Gasteiger partial charge in [0.2, 0.25) is 0 Å². The molecule has 0 amide bonds. The van der Waals surface area contributed by atoms with E-state index in [4.69, 9.17) is 4.74 Å². The highest BCUT2D eigenvalue weighted by molar-refractivity contribution is 5.75. The molecule has 0 N–H and O–H groups in total. The van der Waals surface area contributed by atoms with Crippen LogP contribution < -0.4 is 0 Å². The Labute approximate surface area is 99.1 Å². The van der Waals surface area contributed by atoms with Gasteiger partial charge < -0.3 is 4.74 Å². The maximum absolute atomic E-state index is 10.9. The monoisotopic (exact) mass is 231 g/mol. The van der Waals surface area contributed by atoms with Gasteiger partial charge in [-0.1, -0.05) is 0 Å². The number of hydrogen-bond acceptors (Lipinski definition) is 4. The van der Waals surface area contributed by atoms with Crippen LogP contribution in [0.3, 0.4) is 0 Å². The van der Waals surface area contributed by atoms with Crippen LogP contribution in [0.1, 0.15) is 10.5 Å². The van der Waals surface area contributed by atoms with Crippen LogP contribution in [0.4, 0.5) is 0 Å². The number of methoxy groups -OCH3 is 1. The third kappa shape index (κ3) is 2.57. The van der Waals surface area contributed by atoms with Crippen LogP contribution in [0, 0.1) is 0 Å². The summed E-state index contributed by atoms with van der Waals surface area (Å²) in [4.78, 5) is 14.9. The normalized spacial score (nSPS) is 10.4. The molecular weight excluding hydrogens is 218 g/mol. The Hall–Kier alpha value is -2.01. The molecule has 0 unspecified atom stereocenters. The van der Waals surface area contributed by atoms with E-state index in [1.54, 1.807) is 30.3 Å². The van der Waals surface area contributed by atoms with Crippen LogP contribution in [0.5, 0.6) is 0 Å². The highest BCUT2D eigenvalue weighted by Crippen LogP contribution is 2.17. The van der Waals surface area contributed by atoms with Gasteiger partial charge in [-0.2, -0.15) is 5.10 Å². The Morgan fingerprint density at radius 2 is 2.18 bits per heavy atom. The van der Waals surface area contributed by atoms with Crippen LogP contribution >= 0.6 is 0 Å². The molecular formula is C12H13N3O2. The van der Waals surface area contributed by atoms with Gasteiger partial charge in [-0.05, 0) is 18.2 Å². The Kier molecular flexibility index (Phi) is 3.62. The summed E-state index contributed by atoms with van der Waals surface area (Å²) in [7, 11) is 1.62. The third-order valence-electron chi connectivity index (χ3n) is 2.42. The topological polar surface area (TPSA) is 57.0 Å².